The molecular formula is C9H7NO3S. The minimum Gasteiger partial charge on any atom is -0.429 e. The van der Waals surface area contributed by atoms with E-state index in [2.05, 4.69) is 0 Å². The highest BCUT2D eigenvalue weighted by atomic mass is 32.1. The van der Waals surface area contributed by atoms with Crippen LogP contribution >= 0.6 is 11.3 Å². The fourth-order valence-electron chi connectivity index (χ4n) is 0.978. The summed E-state index contributed by atoms with van der Waals surface area (Å²) in [4.78, 5) is 11.4. The molecule has 2 rings (SSSR count). The first kappa shape index (κ1) is 8.83. The smallest absolute Gasteiger partial charge is 0.346 e. The van der Waals surface area contributed by atoms with Crippen molar-refractivity contribution in [3.8, 4) is 5.06 Å². The summed E-state index contributed by atoms with van der Waals surface area (Å²) < 4.78 is 5.82. The second kappa shape index (κ2) is 3.55. The number of hydrogen-bond donors (Lipinski definition) is 1. The third kappa shape index (κ3) is 1.77. The van der Waals surface area contributed by atoms with E-state index in [9.17, 15) is 4.79 Å². The molecule has 0 unspecified atom stereocenters. The van der Waals surface area contributed by atoms with E-state index in [1.807, 2.05) is 5.38 Å². The zero-order valence-corrected chi connectivity index (χ0v) is 7.90. The van der Waals surface area contributed by atoms with E-state index in [0.717, 1.165) is 4.73 Å². The molecule has 2 aromatic rings. The summed E-state index contributed by atoms with van der Waals surface area (Å²) in [6.07, 6.45) is 2.65. The second-order valence-electron chi connectivity index (χ2n) is 2.60. The lowest BCUT2D eigenvalue weighted by Crippen LogP contribution is -2.06. The number of nitrogens with zero attached hydrogens (tertiary/aromatic N) is 1. The zero-order chi connectivity index (χ0) is 9.97. The summed E-state index contributed by atoms with van der Waals surface area (Å²) >= 11 is 1.34. The molecule has 0 bridgehead atoms. The molecule has 0 spiro atoms. The molecule has 0 aliphatic heterocycles. The Morgan fingerprint density at radius 3 is 2.93 bits per heavy atom. The van der Waals surface area contributed by atoms with Crippen LogP contribution in [0.2, 0.25) is 0 Å². The molecule has 0 fully saturated rings. The third-order valence-electron chi connectivity index (χ3n) is 1.60. The van der Waals surface area contributed by atoms with Crippen molar-refractivity contribution in [3.05, 3.63) is 41.5 Å². The highest BCUT2D eigenvalue weighted by Gasteiger charge is 2.10. The molecular weight excluding hydrogens is 202 g/mol. The Labute approximate surface area is 83.9 Å². The maximum absolute atomic E-state index is 11.4. The first-order chi connectivity index (χ1) is 6.75. The number of carbonyl (C=O) groups excluding carboxylic acids is 1. The number of esters is 1. The average molecular weight is 209 g/mol. The number of hydrogen-bond acceptors (Lipinski definition) is 4. The average Bonchev–Trinajstić information content (AvgIpc) is 2.75. The van der Waals surface area contributed by atoms with Gasteiger partial charge in [0, 0.05) is 6.20 Å². The Kier molecular flexibility index (Phi) is 2.24. The monoisotopic (exact) mass is 209 g/mol. The van der Waals surface area contributed by atoms with Crippen LogP contribution in [-0.2, 0) is 0 Å². The van der Waals surface area contributed by atoms with Crippen molar-refractivity contribution in [2.75, 3.05) is 0 Å². The summed E-state index contributed by atoms with van der Waals surface area (Å²) in [5.41, 5.74) is 0.320. The second-order valence-corrected chi connectivity index (χ2v) is 3.51. The van der Waals surface area contributed by atoms with Crippen LogP contribution in [0.5, 0.6) is 5.06 Å². The molecule has 0 radical (unpaired) electrons. The predicted molar refractivity (Wildman–Crippen MR) is 50.9 cm³/mol. The standard InChI is InChI=1S/C9H7NO3S/c11-9(7-3-4-10(12)6-7)13-8-2-1-5-14-8/h1-6,12H. The number of rotatable bonds is 2. The molecule has 0 saturated heterocycles. The molecule has 0 aliphatic rings. The summed E-state index contributed by atoms with van der Waals surface area (Å²) in [5, 5.41) is 11.3. The zero-order valence-electron chi connectivity index (χ0n) is 7.08. The van der Waals surface area contributed by atoms with Gasteiger partial charge in [0.05, 0.1) is 11.8 Å². The van der Waals surface area contributed by atoms with Crippen molar-refractivity contribution in [1.29, 1.82) is 0 Å². The Bertz CT molecular complexity index is 433. The van der Waals surface area contributed by atoms with Crippen LogP contribution in [0.15, 0.2) is 36.0 Å². The van der Waals surface area contributed by atoms with Gasteiger partial charge in [-0.1, -0.05) is 0 Å². The van der Waals surface area contributed by atoms with Crippen molar-refractivity contribution < 1.29 is 14.7 Å². The summed E-state index contributed by atoms with van der Waals surface area (Å²) in [6.45, 7) is 0. The van der Waals surface area contributed by atoms with E-state index in [1.165, 1.54) is 29.8 Å². The number of thiophene rings is 1. The van der Waals surface area contributed by atoms with E-state index in [0.29, 0.717) is 10.6 Å². The van der Waals surface area contributed by atoms with Gasteiger partial charge in [-0.3, -0.25) is 0 Å². The molecule has 1 N–H and O–H groups in total. The lowest BCUT2D eigenvalue weighted by Gasteiger charge is -1.97. The fraction of sp³-hybridized carbons (Fsp3) is 0. The highest BCUT2D eigenvalue weighted by Crippen LogP contribution is 2.19. The molecule has 0 aliphatic carbocycles. The lowest BCUT2D eigenvalue weighted by molar-refractivity contribution is 0.0738. The van der Waals surface area contributed by atoms with Crippen LogP contribution in [0.3, 0.4) is 0 Å². The molecule has 72 valence electrons. The van der Waals surface area contributed by atoms with Gasteiger partial charge < -0.3 is 9.94 Å². The quantitative estimate of drug-likeness (QED) is 0.608. The van der Waals surface area contributed by atoms with Gasteiger partial charge in [-0.05, 0) is 23.6 Å². The molecule has 0 atom stereocenters. The normalized spacial score (nSPS) is 10.0. The van der Waals surface area contributed by atoms with Gasteiger partial charge in [0.25, 0.3) is 0 Å². The van der Waals surface area contributed by atoms with Gasteiger partial charge >= 0.3 is 5.97 Å². The van der Waals surface area contributed by atoms with Crippen molar-refractivity contribution in [2.45, 2.75) is 0 Å². The van der Waals surface area contributed by atoms with Gasteiger partial charge in [-0.2, -0.15) is 0 Å². The Morgan fingerprint density at radius 2 is 2.36 bits per heavy atom. The van der Waals surface area contributed by atoms with Crippen molar-refractivity contribution in [1.82, 2.24) is 4.73 Å². The molecule has 2 heterocycles. The fourth-order valence-corrected chi connectivity index (χ4v) is 1.55. The first-order valence-electron chi connectivity index (χ1n) is 3.88. The van der Waals surface area contributed by atoms with Crippen LogP contribution in [-0.4, -0.2) is 15.9 Å². The van der Waals surface area contributed by atoms with Crippen LogP contribution in [0.25, 0.3) is 0 Å². The van der Waals surface area contributed by atoms with E-state index < -0.39 is 5.97 Å². The summed E-state index contributed by atoms with van der Waals surface area (Å²) in [6, 6.07) is 4.99. The maximum Gasteiger partial charge on any atom is 0.346 e. The molecule has 5 heteroatoms. The Hall–Kier alpha value is -1.75. The molecule has 4 nitrogen and oxygen atoms in total. The number of aromatic nitrogens is 1. The van der Waals surface area contributed by atoms with Crippen molar-refractivity contribution in [2.24, 2.45) is 0 Å². The molecule has 2 aromatic heterocycles. The van der Waals surface area contributed by atoms with Crippen LogP contribution in [0, 0.1) is 0 Å². The number of ether oxygens (including phenoxy) is 1. The van der Waals surface area contributed by atoms with Crippen molar-refractivity contribution in [3.63, 3.8) is 0 Å². The lowest BCUT2D eigenvalue weighted by atomic mass is 10.3. The van der Waals surface area contributed by atoms with Gasteiger partial charge in [0.1, 0.15) is 0 Å². The van der Waals surface area contributed by atoms with Crippen LogP contribution < -0.4 is 4.74 Å². The predicted octanol–water partition coefficient (Wildman–Crippen LogP) is 2.01. The van der Waals surface area contributed by atoms with Gasteiger partial charge in [0.15, 0.2) is 5.06 Å². The van der Waals surface area contributed by atoms with Crippen molar-refractivity contribution >= 4 is 17.3 Å². The Morgan fingerprint density at radius 1 is 1.50 bits per heavy atom. The maximum atomic E-state index is 11.4. The summed E-state index contributed by atoms with van der Waals surface area (Å²) in [7, 11) is 0. The van der Waals surface area contributed by atoms with Crippen LogP contribution in [0.1, 0.15) is 10.4 Å². The molecule has 0 saturated carbocycles. The Balaban J connectivity index is 2.10. The van der Waals surface area contributed by atoms with Gasteiger partial charge in [-0.25, -0.2) is 9.52 Å². The minimum atomic E-state index is -0.472. The van der Waals surface area contributed by atoms with E-state index in [4.69, 9.17) is 9.94 Å². The largest absolute Gasteiger partial charge is 0.429 e. The first-order valence-corrected chi connectivity index (χ1v) is 4.76. The topological polar surface area (TPSA) is 51.5 Å². The highest BCUT2D eigenvalue weighted by molar-refractivity contribution is 7.11. The van der Waals surface area contributed by atoms with Gasteiger partial charge in [0.2, 0.25) is 0 Å². The molecule has 14 heavy (non-hydrogen) atoms. The third-order valence-corrected chi connectivity index (χ3v) is 2.35. The van der Waals surface area contributed by atoms with E-state index in [-0.39, 0.29) is 0 Å². The van der Waals surface area contributed by atoms with E-state index >= 15 is 0 Å². The SMILES string of the molecule is O=C(Oc1cccs1)c1ccn(O)c1. The van der Waals surface area contributed by atoms with E-state index in [1.54, 1.807) is 12.1 Å². The summed E-state index contributed by atoms with van der Waals surface area (Å²) in [5.74, 6) is -0.472. The minimum absolute atomic E-state index is 0.320. The molecule has 0 aromatic carbocycles. The number of carbonyl (C=O) groups is 1. The molecule has 0 amide bonds. The van der Waals surface area contributed by atoms with Gasteiger partial charge in [-0.15, -0.1) is 11.3 Å². The van der Waals surface area contributed by atoms with Crippen LogP contribution in [0.4, 0.5) is 0 Å².